The van der Waals surface area contributed by atoms with E-state index in [-0.39, 0.29) is 5.91 Å². The average molecular weight is 213 g/mol. The van der Waals surface area contributed by atoms with Crippen molar-refractivity contribution >= 4 is 17.2 Å². The van der Waals surface area contributed by atoms with E-state index in [2.05, 4.69) is 10.3 Å². The van der Waals surface area contributed by atoms with Crippen molar-refractivity contribution in [2.24, 2.45) is 11.1 Å². The SMILES string of the molecule is CC(C)(CN)C(=O)NCc1cncs1. The minimum Gasteiger partial charge on any atom is -0.351 e. The summed E-state index contributed by atoms with van der Waals surface area (Å²) in [5.74, 6) is -0.0200. The first kappa shape index (κ1) is 11.1. The highest BCUT2D eigenvalue weighted by atomic mass is 32.1. The van der Waals surface area contributed by atoms with Gasteiger partial charge in [0.1, 0.15) is 0 Å². The van der Waals surface area contributed by atoms with E-state index in [1.165, 1.54) is 11.3 Å². The van der Waals surface area contributed by atoms with Gasteiger partial charge in [-0.3, -0.25) is 9.78 Å². The molecule has 0 fully saturated rings. The molecule has 0 unspecified atom stereocenters. The molecule has 0 atom stereocenters. The normalized spacial score (nSPS) is 11.4. The number of nitrogens with zero attached hydrogens (tertiary/aromatic N) is 1. The van der Waals surface area contributed by atoms with Crippen molar-refractivity contribution in [3.63, 3.8) is 0 Å². The van der Waals surface area contributed by atoms with Gasteiger partial charge in [0.2, 0.25) is 5.91 Å². The smallest absolute Gasteiger partial charge is 0.227 e. The van der Waals surface area contributed by atoms with Crippen LogP contribution in [0.4, 0.5) is 0 Å². The molecule has 1 heterocycles. The maximum atomic E-state index is 11.6. The Morgan fingerprint density at radius 1 is 1.71 bits per heavy atom. The van der Waals surface area contributed by atoms with Crippen LogP contribution in [-0.4, -0.2) is 17.4 Å². The zero-order valence-corrected chi connectivity index (χ0v) is 9.23. The zero-order chi connectivity index (χ0) is 10.6. The monoisotopic (exact) mass is 213 g/mol. The minimum absolute atomic E-state index is 0.0200. The van der Waals surface area contributed by atoms with E-state index < -0.39 is 5.41 Å². The van der Waals surface area contributed by atoms with E-state index in [0.29, 0.717) is 13.1 Å². The summed E-state index contributed by atoms with van der Waals surface area (Å²) in [6.45, 7) is 4.54. The third-order valence-corrected chi connectivity index (χ3v) is 2.81. The fourth-order valence-corrected chi connectivity index (χ4v) is 1.36. The van der Waals surface area contributed by atoms with E-state index >= 15 is 0 Å². The van der Waals surface area contributed by atoms with E-state index in [1.54, 1.807) is 11.7 Å². The van der Waals surface area contributed by atoms with Gasteiger partial charge in [0, 0.05) is 17.6 Å². The van der Waals surface area contributed by atoms with Crippen LogP contribution in [0.1, 0.15) is 18.7 Å². The molecular weight excluding hydrogens is 198 g/mol. The van der Waals surface area contributed by atoms with Crippen molar-refractivity contribution in [2.45, 2.75) is 20.4 Å². The van der Waals surface area contributed by atoms with Gasteiger partial charge in [-0.15, -0.1) is 11.3 Å². The standard InChI is InChI=1S/C9H15N3OS/c1-9(2,5-10)8(13)12-4-7-3-11-6-14-7/h3,6H,4-5,10H2,1-2H3,(H,12,13). The van der Waals surface area contributed by atoms with Crippen LogP contribution in [0.25, 0.3) is 0 Å². The molecule has 0 bridgehead atoms. The Morgan fingerprint density at radius 3 is 2.93 bits per heavy atom. The minimum atomic E-state index is -0.495. The number of hydrogen-bond acceptors (Lipinski definition) is 4. The molecule has 1 aromatic heterocycles. The molecule has 0 aliphatic heterocycles. The van der Waals surface area contributed by atoms with Gasteiger partial charge < -0.3 is 11.1 Å². The number of rotatable bonds is 4. The lowest BCUT2D eigenvalue weighted by Crippen LogP contribution is -2.41. The fraction of sp³-hybridized carbons (Fsp3) is 0.556. The highest BCUT2D eigenvalue weighted by Crippen LogP contribution is 2.13. The van der Waals surface area contributed by atoms with Gasteiger partial charge >= 0.3 is 0 Å². The van der Waals surface area contributed by atoms with Crippen molar-refractivity contribution < 1.29 is 4.79 Å². The molecule has 1 amide bonds. The Hall–Kier alpha value is -0.940. The summed E-state index contributed by atoms with van der Waals surface area (Å²) in [5.41, 5.74) is 6.74. The van der Waals surface area contributed by atoms with Crippen molar-refractivity contribution in [1.82, 2.24) is 10.3 Å². The topological polar surface area (TPSA) is 68.0 Å². The highest BCUT2D eigenvalue weighted by Gasteiger charge is 2.25. The Balaban J connectivity index is 2.43. The number of thiazole rings is 1. The highest BCUT2D eigenvalue weighted by molar-refractivity contribution is 7.09. The molecule has 78 valence electrons. The molecule has 0 spiro atoms. The molecule has 14 heavy (non-hydrogen) atoms. The van der Waals surface area contributed by atoms with Gasteiger partial charge in [0.15, 0.2) is 0 Å². The number of carbonyl (C=O) groups is 1. The van der Waals surface area contributed by atoms with Gasteiger partial charge in [-0.2, -0.15) is 0 Å². The van der Waals surface area contributed by atoms with Crippen LogP contribution in [0.5, 0.6) is 0 Å². The number of carbonyl (C=O) groups excluding carboxylic acids is 1. The first-order chi connectivity index (χ1) is 6.56. The predicted molar refractivity (Wildman–Crippen MR) is 56.8 cm³/mol. The number of hydrogen-bond donors (Lipinski definition) is 2. The molecule has 1 rings (SSSR count). The van der Waals surface area contributed by atoms with Crippen LogP contribution >= 0.6 is 11.3 Å². The molecule has 0 aromatic carbocycles. The van der Waals surface area contributed by atoms with Crippen molar-refractivity contribution in [2.75, 3.05) is 6.54 Å². The molecule has 1 aromatic rings. The van der Waals surface area contributed by atoms with Crippen LogP contribution in [0, 0.1) is 5.41 Å². The van der Waals surface area contributed by atoms with Gasteiger partial charge in [-0.05, 0) is 13.8 Å². The van der Waals surface area contributed by atoms with E-state index in [1.807, 2.05) is 13.8 Å². The summed E-state index contributed by atoms with van der Waals surface area (Å²) in [5, 5.41) is 2.83. The third-order valence-electron chi connectivity index (χ3n) is 2.03. The Bertz CT molecular complexity index is 295. The molecular formula is C9H15N3OS. The molecule has 0 saturated carbocycles. The molecule has 3 N–H and O–H groups in total. The lowest BCUT2D eigenvalue weighted by atomic mass is 9.93. The first-order valence-corrected chi connectivity index (χ1v) is 5.30. The molecule has 5 heteroatoms. The van der Waals surface area contributed by atoms with E-state index in [0.717, 1.165) is 4.88 Å². The second-order valence-electron chi connectivity index (χ2n) is 3.74. The van der Waals surface area contributed by atoms with Crippen LogP contribution in [0.2, 0.25) is 0 Å². The third kappa shape index (κ3) is 2.78. The number of nitrogens with two attached hydrogens (primary N) is 1. The Labute approximate surface area is 87.5 Å². The van der Waals surface area contributed by atoms with Gasteiger partial charge in [-0.25, -0.2) is 0 Å². The van der Waals surface area contributed by atoms with Crippen molar-refractivity contribution in [3.8, 4) is 0 Å². The second-order valence-corrected chi connectivity index (χ2v) is 4.71. The van der Waals surface area contributed by atoms with Gasteiger partial charge in [-0.1, -0.05) is 0 Å². The van der Waals surface area contributed by atoms with Crippen LogP contribution in [0.3, 0.4) is 0 Å². The first-order valence-electron chi connectivity index (χ1n) is 4.42. The Kier molecular flexibility index (Phi) is 3.60. The van der Waals surface area contributed by atoms with Crippen molar-refractivity contribution in [3.05, 3.63) is 16.6 Å². The number of nitrogens with one attached hydrogen (secondary N) is 1. The summed E-state index contributed by atoms with van der Waals surface area (Å²) < 4.78 is 0. The lowest BCUT2D eigenvalue weighted by molar-refractivity contribution is -0.129. The van der Waals surface area contributed by atoms with Gasteiger partial charge in [0.25, 0.3) is 0 Å². The van der Waals surface area contributed by atoms with Crippen molar-refractivity contribution in [1.29, 1.82) is 0 Å². The summed E-state index contributed by atoms with van der Waals surface area (Å²) in [6.07, 6.45) is 1.75. The fourth-order valence-electron chi connectivity index (χ4n) is 0.829. The van der Waals surface area contributed by atoms with Crippen LogP contribution < -0.4 is 11.1 Å². The van der Waals surface area contributed by atoms with E-state index in [4.69, 9.17) is 5.73 Å². The largest absolute Gasteiger partial charge is 0.351 e. The summed E-state index contributed by atoms with van der Waals surface area (Å²) in [6, 6.07) is 0. The summed E-state index contributed by atoms with van der Waals surface area (Å²) >= 11 is 1.53. The van der Waals surface area contributed by atoms with Crippen LogP contribution in [-0.2, 0) is 11.3 Å². The quantitative estimate of drug-likeness (QED) is 0.775. The molecule has 4 nitrogen and oxygen atoms in total. The molecule has 0 aliphatic rings. The summed E-state index contributed by atoms with van der Waals surface area (Å²) in [4.78, 5) is 16.6. The maximum Gasteiger partial charge on any atom is 0.227 e. The van der Waals surface area contributed by atoms with Crippen LogP contribution in [0.15, 0.2) is 11.7 Å². The molecule has 0 radical (unpaired) electrons. The summed E-state index contributed by atoms with van der Waals surface area (Å²) in [7, 11) is 0. The number of aromatic nitrogens is 1. The lowest BCUT2D eigenvalue weighted by Gasteiger charge is -2.20. The number of amides is 1. The second kappa shape index (κ2) is 4.52. The Morgan fingerprint density at radius 2 is 2.43 bits per heavy atom. The zero-order valence-electron chi connectivity index (χ0n) is 8.41. The maximum absolute atomic E-state index is 11.6. The molecule has 0 aliphatic carbocycles. The average Bonchev–Trinajstić information content (AvgIpc) is 2.66. The molecule has 0 saturated heterocycles. The van der Waals surface area contributed by atoms with Gasteiger partial charge in [0.05, 0.1) is 17.5 Å². The van der Waals surface area contributed by atoms with E-state index in [9.17, 15) is 4.79 Å². The predicted octanol–water partition coefficient (Wildman–Crippen LogP) is 0.744.